The van der Waals surface area contributed by atoms with Crippen molar-refractivity contribution in [1.82, 2.24) is 0 Å². The van der Waals surface area contributed by atoms with Gasteiger partial charge in [0, 0.05) is 0 Å². The molecule has 0 aromatic carbocycles. The van der Waals surface area contributed by atoms with E-state index in [2.05, 4.69) is 4.65 Å². The Morgan fingerprint density at radius 3 is 2.62 bits per heavy atom. The number of halogens is 1. The van der Waals surface area contributed by atoms with E-state index in [4.69, 9.17) is 5.73 Å². The topological polar surface area (TPSA) is 52.3 Å². The normalized spacial score (nSPS) is 12.4. The van der Waals surface area contributed by atoms with Gasteiger partial charge in [-0.2, -0.15) is 0 Å². The van der Waals surface area contributed by atoms with E-state index in [1.54, 1.807) is 6.92 Å². The number of nitrogens with two attached hydrogens (primary N) is 1. The maximum Gasteiger partial charge on any atom is 0.455 e. The van der Waals surface area contributed by atoms with Crippen molar-refractivity contribution in [1.29, 1.82) is 0 Å². The fraction of sp³-hybridized carbons (Fsp3) is 0.667. The second kappa shape index (κ2) is 4.14. The maximum absolute atomic E-state index is 10.4. The van der Waals surface area contributed by atoms with Crippen LogP contribution in [0.4, 0.5) is 0 Å². The standard InChI is InChI=1S/C3H6BINO2/c1-2(6)3(7)8-4-5/h2H,6H2,1H3. The van der Waals surface area contributed by atoms with Gasteiger partial charge in [-0.25, -0.2) is 0 Å². The van der Waals surface area contributed by atoms with E-state index in [9.17, 15) is 4.79 Å². The monoisotopic (exact) mass is 226 g/mol. The zero-order valence-electron chi connectivity index (χ0n) is 4.43. The molecule has 0 aromatic heterocycles. The van der Waals surface area contributed by atoms with Gasteiger partial charge in [-0.3, -0.25) is 4.79 Å². The lowest BCUT2D eigenvalue weighted by molar-refractivity contribution is -0.135. The SMILES string of the molecule is CC(N)C(=O)O[B]I. The fourth-order valence-electron chi connectivity index (χ4n) is 0.151. The number of hydrogen-bond donors (Lipinski definition) is 1. The minimum absolute atomic E-state index is 0.403. The lowest BCUT2D eigenvalue weighted by atomic mass is 10.4. The molecule has 0 saturated heterocycles. The van der Waals surface area contributed by atoms with Crippen LogP contribution < -0.4 is 5.73 Å². The number of hydrogen-bond acceptors (Lipinski definition) is 3. The third-order valence-electron chi connectivity index (χ3n) is 0.532. The molecular weight excluding hydrogens is 220 g/mol. The molecular formula is C3H6BINO2. The Bertz CT molecular complexity index is 87.4. The first-order valence-electron chi connectivity index (χ1n) is 2.06. The van der Waals surface area contributed by atoms with Crippen LogP contribution >= 0.6 is 22.4 Å². The molecule has 1 radical (unpaired) electrons. The quantitative estimate of drug-likeness (QED) is 0.525. The molecule has 0 heterocycles. The molecule has 0 aromatic rings. The first-order valence-corrected chi connectivity index (χ1v) is 3.31. The molecule has 0 amide bonds. The second-order valence-corrected chi connectivity index (χ2v) is 1.82. The van der Waals surface area contributed by atoms with Gasteiger partial charge in [-0.1, -0.05) is 22.4 Å². The number of carbonyl (C=O) groups excluding carboxylic acids is 1. The molecule has 0 rings (SSSR count). The number of carbonyl (C=O) groups is 1. The van der Waals surface area contributed by atoms with Crippen LogP contribution in [0.1, 0.15) is 6.92 Å². The molecule has 0 saturated carbocycles. The van der Waals surface area contributed by atoms with Gasteiger partial charge in [-0.15, -0.1) is 0 Å². The lowest BCUT2D eigenvalue weighted by Gasteiger charge is -2.01. The highest BCUT2D eigenvalue weighted by Crippen LogP contribution is 1.84. The summed E-state index contributed by atoms with van der Waals surface area (Å²) in [5.41, 5.74) is 5.12. The van der Waals surface area contributed by atoms with Crippen LogP contribution in [-0.4, -0.2) is 17.3 Å². The van der Waals surface area contributed by atoms with Crippen molar-refractivity contribution in [2.75, 3.05) is 0 Å². The summed E-state index contributed by atoms with van der Waals surface area (Å²) in [5.74, 6) is -0.403. The molecule has 2 N–H and O–H groups in total. The molecule has 1 atom stereocenters. The first-order chi connectivity index (χ1) is 3.68. The molecule has 8 heavy (non-hydrogen) atoms. The summed E-state index contributed by atoms with van der Waals surface area (Å²) in [6, 6.07) is -0.527. The van der Waals surface area contributed by atoms with Crippen LogP contribution in [0, 0.1) is 0 Å². The lowest BCUT2D eigenvalue weighted by Crippen LogP contribution is -2.28. The second-order valence-electron chi connectivity index (χ2n) is 1.31. The van der Waals surface area contributed by atoms with E-state index in [1.165, 1.54) is 5.34 Å². The molecule has 3 nitrogen and oxygen atoms in total. The Labute approximate surface area is 62.1 Å². The van der Waals surface area contributed by atoms with Crippen molar-refractivity contribution >= 4 is 33.7 Å². The molecule has 0 aliphatic carbocycles. The van der Waals surface area contributed by atoms with Gasteiger partial charge < -0.3 is 10.4 Å². The zero-order valence-corrected chi connectivity index (χ0v) is 6.58. The van der Waals surface area contributed by atoms with Crippen molar-refractivity contribution < 1.29 is 9.45 Å². The van der Waals surface area contributed by atoms with E-state index in [0.29, 0.717) is 0 Å². The van der Waals surface area contributed by atoms with Gasteiger partial charge in [0.2, 0.25) is 0 Å². The van der Waals surface area contributed by atoms with Gasteiger partial charge in [0.1, 0.15) is 0 Å². The Morgan fingerprint density at radius 2 is 2.50 bits per heavy atom. The highest BCUT2D eigenvalue weighted by molar-refractivity contribution is 14.1. The molecule has 5 heteroatoms. The van der Waals surface area contributed by atoms with Crippen LogP contribution in [0.15, 0.2) is 0 Å². The highest BCUT2D eigenvalue weighted by Gasteiger charge is 2.06. The summed E-state index contributed by atoms with van der Waals surface area (Å²) < 4.78 is 4.40. The third kappa shape index (κ3) is 3.26. The van der Waals surface area contributed by atoms with Crippen LogP contribution in [0.2, 0.25) is 0 Å². The van der Waals surface area contributed by atoms with Crippen LogP contribution in [0.3, 0.4) is 0 Å². The summed E-state index contributed by atoms with van der Waals surface area (Å²) in [5, 5.41) is 1.28. The summed E-state index contributed by atoms with van der Waals surface area (Å²) in [4.78, 5) is 10.4. The Balaban J connectivity index is 3.33. The minimum atomic E-state index is -0.527. The molecule has 45 valence electrons. The summed E-state index contributed by atoms with van der Waals surface area (Å²) in [6.45, 7) is 1.57. The van der Waals surface area contributed by atoms with Crippen molar-refractivity contribution in [2.45, 2.75) is 13.0 Å². The zero-order chi connectivity index (χ0) is 6.57. The molecule has 0 aliphatic rings. The van der Waals surface area contributed by atoms with E-state index < -0.39 is 12.0 Å². The Kier molecular flexibility index (Phi) is 4.25. The Hall–Kier alpha value is 0.225. The maximum atomic E-state index is 10.4. The largest absolute Gasteiger partial charge is 0.526 e. The minimum Gasteiger partial charge on any atom is -0.526 e. The Morgan fingerprint density at radius 1 is 2.00 bits per heavy atom. The van der Waals surface area contributed by atoms with E-state index in [-0.39, 0.29) is 0 Å². The van der Waals surface area contributed by atoms with Crippen LogP contribution in [0.5, 0.6) is 0 Å². The third-order valence-corrected chi connectivity index (χ3v) is 0.787. The van der Waals surface area contributed by atoms with Crippen molar-refractivity contribution in [2.24, 2.45) is 5.73 Å². The molecule has 0 spiro atoms. The predicted octanol–water partition coefficient (Wildman–Crippen LogP) is -0.154. The smallest absolute Gasteiger partial charge is 0.455 e. The van der Waals surface area contributed by atoms with E-state index in [1.807, 2.05) is 22.4 Å². The molecule has 0 bridgehead atoms. The fourth-order valence-corrected chi connectivity index (χ4v) is 0.402. The highest BCUT2D eigenvalue weighted by atomic mass is 127. The van der Waals surface area contributed by atoms with Gasteiger partial charge in [0.15, 0.2) is 0 Å². The molecule has 0 aliphatic heterocycles. The molecule has 0 fully saturated rings. The first kappa shape index (κ1) is 8.22. The summed E-state index contributed by atoms with van der Waals surface area (Å²) >= 11 is 1.81. The van der Waals surface area contributed by atoms with E-state index in [0.717, 1.165) is 0 Å². The van der Waals surface area contributed by atoms with Gasteiger partial charge in [0.25, 0.3) is 0 Å². The van der Waals surface area contributed by atoms with Crippen LogP contribution in [-0.2, 0) is 9.45 Å². The van der Waals surface area contributed by atoms with Crippen LogP contribution in [0.25, 0.3) is 0 Å². The van der Waals surface area contributed by atoms with Crippen molar-refractivity contribution in [3.8, 4) is 0 Å². The average Bonchev–Trinajstić information content (AvgIpc) is 1.67. The summed E-state index contributed by atoms with van der Waals surface area (Å²) in [7, 11) is 0. The van der Waals surface area contributed by atoms with Crippen molar-refractivity contribution in [3.05, 3.63) is 0 Å². The molecule has 1 unspecified atom stereocenters. The average molecular weight is 226 g/mol. The predicted molar refractivity (Wildman–Crippen MR) is 39.5 cm³/mol. The van der Waals surface area contributed by atoms with E-state index >= 15 is 0 Å². The summed E-state index contributed by atoms with van der Waals surface area (Å²) in [6.07, 6.45) is 0. The number of rotatable bonds is 2. The van der Waals surface area contributed by atoms with Gasteiger partial charge >= 0.3 is 11.3 Å². The van der Waals surface area contributed by atoms with Crippen molar-refractivity contribution in [3.63, 3.8) is 0 Å². The van der Waals surface area contributed by atoms with Gasteiger partial charge in [0.05, 0.1) is 6.04 Å². The van der Waals surface area contributed by atoms with Gasteiger partial charge in [-0.05, 0) is 6.92 Å².